The fourth-order valence-corrected chi connectivity index (χ4v) is 2.19. The first-order valence-corrected chi connectivity index (χ1v) is 5.09. The second-order valence-corrected chi connectivity index (χ2v) is 4.06. The number of hydrogen-bond acceptors (Lipinski definition) is 3. The first-order valence-electron chi connectivity index (χ1n) is 5.09. The van der Waals surface area contributed by atoms with Crippen molar-refractivity contribution in [3.63, 3.8) is 0 Å². The van der Waals surface area contributed by atoms with Crippen LogP contribution in [0.1, 0.15) is 40.0 Å². The van der Waals surface area contributed by atoms with Crippen molar-refractivity contribution in [2.45, 2.75) is 58.0 Å². The highest BCUT2D eigenvalue weighted by Crippen LogP contribution is 2.38. The normalized spacial score (nSPS) is 45.5. The minimum absolute atomic E-state index is 0.0139. The van der Waals surface area contributed by atoms with Gasteiger partial charge in [0.15, 0.2) is 6.29 Å². The van der Waals surface area contributed by atoms with Crippen LogP contribution in [0.3, 0.4) is 0 Å². The van der Waals surface area contributed by atoms with Gasteiger partial charge in [-0.15, -0.1) is 0 Å². The smallest absolute Gasteiger partial charge is 0.184 e. The van der Waals surface area contributed by atoms with Crippen LogP contribution in [0.5, 0.6) is 0 Å². The highest BCUT2D eigenvalue weighted by molar-refractivity contribution is 4.94. The van der Waals surface area contributed by atoms with Gasteiger partial charge in [-0.1, -0.05) is 20.3 Å². The molecule has 1 heterocycles. The zero-order chi connectivity index (χ0) is 10.1. The summed E-state index contributed by atoms with van der Waals surface area (Å²) in [6.07, 6.45) is 1.76. The molecule has 0 radical (unpaired) electrons. The van der Waals surface area contributed by atoms with Gasteiger partial charge in [-0.25, -0.2) is 0 Å². The molecule has 1 aliphatic heterocycles. The molecule has 0 bridgehead atoms. The second-order valence-electron chi connectivity index (χ2n) is 4.06. The molecule has 1 aliphatic rings. The zero-order valence-electron chi connectivity index (χ0n) is 8.66. The summed E-state index contributed by atoms with van der Waals surface area (Å²) in [7, 11) is 0. The fraction of sp³-hybridized carbons (Fsp3) is 1.00. The zero-order valence-corrected chi connectivity index (χ0v) is 8.66. The van der Waals surface area contributed by atoms with Gasteiger partial charge in [-0.2, -0.15) is 0 Å². The van der Waals surface area contributed by atoms with Crippen LogP contribution in [-0.2, 0) is 4.74 Å². The van der Waals surface area contributed by atoms with E-state index in [0.29, 0.717) is 0 Å². The van der Waals surface area contributed by atoms with Crippen LogP contribution < -0.4 is 0 Å². The SMILES string of the molecule is CCCC1OC(O)C(C)(O)C1CC. The first kappa shape index (κ1) is 11.0. The van der Waals surface area contributed by atoms with Crippen molar-refractivity contribution < 1.29 is 14.9 Å². The summed E-state index contributed by atoms with van der Waals surface area (Å²) in [5, 5.41) is 19.4. The van der Waals surface area contributed by atoms with Crippen molar-refractivity contribution in [2.24, 2.45) is 5.92 Å². The standard InChI is InChI=1S/C10H20O3/c1-4-6-8-7(5-2)10(3,12)9(11)13-8/h7-9,11-12H,4-6H2,1-3H3. The van der Waals surface area contributed by atoms with Gasteiger partial charge in [0.2, 0.25) is 0 Å². The van der Waals surface area contributed by atoms with E-state index in [1.165, 1.54) is 0 Å². The molecule has 0 aliphatic carbocycles. The van der Waals surface area contributed by atoms with E-state index in [9.17, 15) is 10.2 Å². The monoisotopic (exact) mass is 188 g/mol. The van der Waals surface area contributed by atoms with Crippen molar-refractivity contribution in [3.8, 4) is 0 Å². The average molecular weight is 188 g/mol. The van der Waals surface area contributed by atoms with E-state index < -0.39 is 11.9 Å². The maximum Gasteiger partial charge on any atom is 0.184 e. The Hall–Kier alpha value is -0.120. The summed E-state index contributed by atoms with van der Waals surface area (Å²) in [4.78, 5) is 0. The lowest BCUT2D eigenvalue weighted by Crippen LogP contribution is -2.41. The van der Waals surface area contributed by atoms with Crippen molar-refractivity contribution in [1.82, 2.24) is 0 Å². The van der Waals surface area contributed by atoms with E-state index in [2.05, 4.69) is 6.92 Å². The highest BCUT2D eigenvalue weighted by atomic mass is 16.6. The molecule has 0 spiro atoms. The van der Waals surface area contributed by atoms with Crippen LogP contribution >= 0.6 is 0 Å². The minimum Gasteiger partial charge on any atom is -0.384 e. The lowest BCUT2D eigenvalue weighted by atomic mass is 9.83. The van der Waals surface area contributed by atoms with E-state index in [0.717, 1.165) is 19.3 Å². The molecular weight excluding hydrogens is 168 g/mol. The maximum atomic E-state index is 9.94. The minimum atomic E-state index is -1.07. The molecule has 0 saturated carbocycles. The van der Waals surface area contributed by atoms with E-state index in [4.69, 9.17) is 4.74 Å². The molecule has 1 rings (SSSR count). The van der Waals surface area contributed by atoms with Gasteiger partial charge >= 0.3 is 0 Å². The maximum absolute atomic E-state index is 9.94. The molecule has 1 fully saturated rings. The number of aliphatic hydroxyl groups is 2. The molecule has 0 amide bonds. The molecular formula is C10H20O3. The molecule has 13 heavy (non-hydrogen) atoms. The Kier molecular flexibility index (Phi) is 3.33. The van der Waals surface area contributed by atoms with E-state index in [1.807, 2.05) is 6.92 Å². The summed E-state index contributed by atoms with van der Waals surface area (Å²) in [5.74, 6) is 0.0578. The van der Waals surface area contributed by atoms with Crippen LogP contribution in [0.25, 0.3) is 0 Å². The summed E-state index contributed by atoms with van der Waals surface area (Å²) >= 11 is 0. The van der Waals surface area contributed by atoms with Crippen molar-refractivity contribution in [2.75, 3.05) is 0 Å². The van der Waals surface area contributed by atoms with E-state index >= 15 is 0 Å². The van der Waals surface area contributed by atoms with Crippen LogP contribution in [0.15, 0.2) is 0 Å². The number of hydrogen-bond donors (Lipinski definition) is 2. The largest absolute Gasteiger partial charge is 0.384 e. The molecule has 0 aromatic rings. The van der Waals surface area contributed by atoms with Crippen molar-refractivity contribution in [1.29, 1.82) is 0 Å². The fourth-order valence-electron chi connectivity index (χ4n) is 2.19. The van der Waals surface area contributed by atoms with Gasteiger partial charge in [0.05, 0.1) is 6.10 Å². The molecule has 3 nitrogen and oxygen atoms in total. The Morgan fingerprint density at radius 1 is 1.38 bits per heavy atom. The predicted molar refractivity (Wildman–Crippen MR) is 50.2 cm³/mol. The Labute approximate surface area is 79.7 Å². The highest BCUT2D eigenvalue weighted by Gasteiger charge is 2.50. The van der Waals surface area contributed by atoms with Crippen molar-refractivity contribution in [3.05, 3.63) is 0 Å². The molecule has 78 valence electrons. The molecule has 0 aromatic carbocycles. The summed E-state index contributed by atoms with van der Waals surface area (Å²) in [5.41, 5.74) is -1.07. The second kappa shape index (κ2) is 3.95. The third-order valence-corrected chi connectivity index (χ3v) is 3.02. The third kappa shape index (κ3) is 1.87. The quantitative estimate of drug-likeness (QED) is 0.701. The van der Waals surface area contributed by atoms with E-state index in [1.54, 1.807) is 6.92 Å². The topological polar surface area (TPSA) is 49.7 Å². The van der Waals surface area contributed by atoms with Gasteiger partial charge in [0, 0.05) is 5.92 Å². The molecule has 0 aromatic heterocycles. The van der Waals surface area contributed by atoms with Gasteiger partial charge in [-0.3, -0.25) is 0 Å². The Balaban J connectivity index is 2.70. The van der Waals surface area contributed by atoms with Crippen LogP contribution in [-0.4, -0.2) is 28.2 Å². The van der Waals surface area contributed by atoms with Gasteiger partial charge in [-0.05, 0) is 19.8 Å². The van der Waals surface area contributed by atoms with Crippen LogP contribution in [0.2, 0.25) is 0 Å². The summed E-state index contributed by atoms with van der Waals surface area (Å²) in [6.45, 7) is 5.75. The molecule has 4 atom stereocenters. The lowest BCUT2D eigenvalue weighted by Gasteiger charge is -2.26. The number of aliphatic hydroxyl groups excluding tert-OH is 1. The molecule has 2 N–H and O–H groups in total. The van der Waals surface area contributed by atoms with Crippen LogP contribution in [0, 0.1) is 5.92 Å². The molecule has 1 saturated heterocycles. The van der Waals surface area contributed by atoms with Gasteiger partial charge in [0.1, 0.15) is 5.60 Å². The molecule has 3 heteroatoms. The number of rotatable bonds is 3. The summed E-state index contributed by atoms with van der Waals surface area (Å²) in [6, 6.07) is 0. The third-order valence-electron chi connectivity index (χ3n) is 3.02. The Morgan fingerprint density at radius 3 is 2.46 bits per heavy atom. The lowest BCUT2D eigenvalue weighted by molar-refractivity contribution is -0.164. The number of ether oxygens (including phenoxy) is 1. The van der Waals surface area contributed by atoms with Gasteiger partial charge < -0.3 is 14.9 Å². The Bertz CT molecular complexity index is 168. The summed E-state index contributed by atoms with van der Waals surface area (Å²) < 4.78 is 5.33. The van der Waals surface area contributed by atoms with Crippen LogP contribution in [0.4, 0.5) is 0 Å². The van der Waals surface area contributed by atoms with E-state index in [-0.39, 0.29) is 12.0 Å². The molecule has 4 unspecified atom stereocenters. The van der Waals surface area contributed by atoms with Crippen molar-refractivity contribution >= 4 is 0 Å². The Morgan fingerprint density at radius 2 is 2.00 bits per heavy atom. The first-order chi connectivity index (χ1) is 6.04. The average Bonchev–Trinajstić information content (AvgIpc) is 2.24. The van der Waals surface area contributed by atoms with Gasteiger partial charge in [0.25, 0.3) is 0 Å². The predicted octanol–water partition coefficient (Wildman–Crippen LogP) is 1.28.